The van der Waals surface area contributed by atoms with Crippen LogP contribution in [0.4, 0.5) is 0 Å². The van der Waals surface area contributed by atoms with Crippen LogP contribution in [0.15, 0.2) is 6.33 Å². The number of carbonyl (C=O) groups excluding carboxylic acids is 1. The van der Waals surface area contributed by atoms with Crippen molar-refractivity contribution >= 4 is 6.41 Å². The predicted molar refractivity (Wildman–Crippen MR) is 35.4 cm³/mol. The Kier molecular flexibility index (Phi) is 1.71. The topological polar surface area (TPSA) is 55.1 Å². The lowest BCUT2D eigenvalue weighted by Gasteiger charge is -1.91. The van der Waals surface area contributed by atoms with Crippen molar-refractivity contribution in [1.29, 1.82) is 0 Å². The van der Waals surface area contributed by atoms with Gasteiger partial charge in [-0.1, -0.05) is 6.92 Å². The molecule has 0 amide bonds. The number of imidazole rings is 1. The predicted octanol–water partition coefficient (Wildman–Crippen LogP) is 0.189. The molecule has 1 heterocycles. The summed E-state index contributed by atoms with van der Waals surface area (Å²) in [6, 6.07) is 0. The number of aryl methyl sites for hydroxylation is 1. The number of aromatic nitrogens is 2. The van der Waals surface area contributed by atoms with E-state index in [1.54, 1.807) is 0 Å². The van der Waals surface area contributed by atoms with E-state index in [-0.39, 0.29) is 5.88 Å². The Morgan fingerprint density at radius 3 is 2.90 bits per heavy atom. The van der Waals surface area contributed by atoms with Crippen LogP contribution in [0.2, 0.25) is 0 Å². The maximum absolute atomic E-state index is 10.1. The van der Waals surface area contributed by atoms with E-state index in [4.69, 9.17) is 5.11 Å². The van der Waals surface area contributed by atoms with Crippen LogP contribution in [0.1, 0.15) is 12.6 Å². The molecule has 0 aromatic carbocycles. The number of hydrogen-bond acceptors (Lipinski definition) is 3. The number of nitrogens with zero attached hydrogens (tertiary/aromatic N) is 2. The molecule has 10 heavy (non-hydrogen) atoms. The third-order valence-corrected chi connectivity index (χ3v) is 1.29. The number of carbonyl (C=O) groups is 1. The molecular formula is C6H8N2O2. The molecule has 0 radical (unpaired) electrons. The molecule has 1 aromatic heterocycles. The molecule has 0 spiro atoms. The van der Waals surface area contributed by atoms with Gasteiger partial charge in [-0.2, -0.15) is 0 Å². The Labute approximate surface area is 58.1 Å². The van der Waals surface area contributed by atoms with Crippen molar-refractivity contribution in [1.82, 2.24) is 9.55 Å². The van der Waals surface area contributed by atoms with Gasteiger partial charge in [0.2, 0.25) is 12.3 Å². The molecule has 0 fully saturated rings. The lowest BCUT2D eigenvalue weighted by atomic mass is 10.4. The number of hydrogen-bond donors (Lipinski definition) is 1. The number of aromatic hydroxyl groups is 1. The quantitative estimate of drug-likeness (QED) is 0.596. The Balaban J connectivity index is 3.08. The van der Waals surface area contributed by atoms with Gasteiger partial charge in [0.1, 0.15) is 12.0 Å². The fourth-order valence-corrected chi connectivity index (χ4v) is 0.720. The van der Waals surface area contributed by atoms with Gasteiger partial charge < -0.3 is 5.11 Å². The molecule has 0 saturated carbocycles. The summed E-state index contributed by atoms with van der Waals surface area (Å²) in [7, 11) is 0. The molecular weight excluding hydrogens is 132 g/mol. The van der Waals surface area contributed by atoms with Crippen molar-refractivity contribution in [2.75, 3.05) is 0 Å². The molecule has 1 aromatic rings. The Morgan fingerprint density at radius 1 is 1.90 bits per heavy atom. The summed E-state index contributed by atoms with van der Waals surface area (Å²) < 4.78 is 1.04. The minimum Gasteiger partial charge on any atom is -0.493 e. The first kappa shape index (κ1) is 6.80. The van der Waals surface area contributed by atoms with Gasteiger partial charge in [0.15, 0.2) is 0 Å². The molecule has 0 aliphatic heterocycles. The summed E-state index contributed by atoms with van der Waals surface area (Å²) in [5, 5.41) is 9.10. The van der Waals surface area contributed by atoms with Crippen LogP contribution in [0.3, 0.4) is 0 Å². The van der Waals surface area contributed by atoms with E-state index < -0.39 is 0 Å². The Hall–Kier alpha value is -1.32. The van der Waals surface area contributed by atoms with Crippen LogP contribution in [-0.4, -0.2) is 21.1 Å². The molecule has 0 aliphatic carbocycles. The van der Waals surface area contributed by atoms with E-state index >= 15 is 0 Å². The zero-order valence-corrected chi connectivity index (χ0v) is 5.61. The average molecular weight is 140 g/mol. The molecule has 0 saturated heterocycles. The Morgan fingerprint density at radius 2 is 2.60 bits per heavy atom. The van der Waals surface area contributed by atoms with Gasteiger partial charge >= 0.3 is 0 Å². The highest BCUT2D eigenvalue weighted by Gasteiger charge is 2.04. The molecule has 0 unspecified atom stereocenters. The lowest BCUT2D eigenvalue weighted by Crippen LogP contribution is -1.90. The van der Waals surface area contributed by atoms with Gasteiger partial charge in [0, 0.05) is 0 Å². The van der Waals surface area contributed by atoms with Gasteiger partial charge in [-0.15, -0.1) is 0 Å². The van der Waals surface area contributed by atoms with Crippen LogP contribution >= 0.6 is 0 Å². The SMILES string of the molecule is CCc1ncn(C=O)c1O. The molecule has 54 valence electrons. The van der Waals surface area contributed by atoms with Gasteiger partial charge in [0.25, 0.3) is 0 Å². The first-order valence-electron chi connectivity index (χ1n) is 2.99. The number of rotatable bonds is 2. The van der Waals surface area contributed by atoms with E-state index in [0.717, 1.165) is 4.57 Å². The fraction of sp³-hybridized carbons (Fsp3) is 0.333. The van der Waals surface area contributed by atoms with Crippen molar-refractivity contribution in [3.63, 3.8) is 0 Å². The third kappa shape index (κ3) is 0.877. The highest BCUT2D eigenvalue weighted by atomic mass is 16.3. The highest BCUT2D eigenvalue weighted by Crippen LogP contribution is 2.12. The van der Waals surface area contributed by atoms with Crippen molar-refractivity contribution in [2.45, 2.75) is 13.3 Å². The second-order valence-corrected chi connectivity index (χ2v) is 1.88. The van der Waals surface area contributed by atoms with Crippen LogP contribution in [0, 0.1) is 0 Å². The van der Waals surface area contributed by atoms with E-state index in [9.17, 15) is 4.79 Å². The highest BCUT2D eigenvalue weighted by molar-refractivity contribution is 5.55. The maximum Gasteiger partial charge on any atom is 0.221 e. The standard InChI is InChI=1S/C6H8N2O2/c1-2-5-6(10)8(4-9)3-7-5/h3-4,10H,2H2,1H3. The zero-order chi connectivity index (χ0) is 7.56. The lowest BCUT2D eigenvalue weighted by molar-refractivity contribution is 0.434. The molecule has 4 heteroatoms. The Bertz CT molecular complexity index is 242. The van der Waals surface area contributed by atoms with Gasteiger partial charge in [-0.3, -0.25) is 4.79 Å². The van der Waals surface area contributed by atoms with Crippen LogP contribution in [-0.2, 0) is 11.2 Å². The second kappa shape index (κ2) is 2.51. The maximum atomic E-state index is 10.1. The molecule has 4 nitrogen and oxygen atoms in total. The van der Waals surface area contributed by atoms with E-state index in [1.165, 1.54) is 6.33 Å². The third-order valence-electron chi connectivity index (χ3n) is 1.29. The normalized spacial score (nSPS) is 9.70. The van der Waals surface area contributed by atoms with E-state index in [1.807, 2.05) is 6.92 Å². The average Bonchev–Trinajstić information content (AvgIpc) is 2.30. The molecule has 1 rings (SSSR count). The largest absolute Gasteiger partial charge is 0.493 e. The summed E-state index contributed by atoms with van der Waals surface area (Å²) >= 11 is 0. The summed E-state index contributed by atoms with van der Waals surface area (Å²) in [5.74, 6) is -0.0579. The molecule has 1 N–H and O–H groups in total. The molecule has 0 bridgehead atoms. The molecule has 0 atom stereocenters. The van der Waals surface area contributed by atoms with Gasteiger partial charge in [-0.25, -0.2) is 9.55 Å². The van der Waals surface area contributed by atoms with Crippen molar-refractivity contribution in [2.24, 2.45) is 0 Å². The minimum absolute atomic E-state index is 0.0579. The van der Waals surface area contributed by atoms with E-state index in [0.29, 0.717) is 18.5 Å². The van der Waals surface area contributed by atoms with E-state index in [2.05, 4.69) is 4.98 Å². The van der Waals surface area contributed by atoms with Gasteiger partial charge in [0.05, 0.1) is 0 Å². The second-order valence-electron chi connectivity index (χ2n) is 1.88. The van der Waals surface area contributed by atoms with Crippen LogP contribution in [0.25, 0.3) is 0 Å². The summed E-state index contributed by atoms with van der Waals surface area (Å²) in [5.41, 5.74) is 0.548. The van der Waals surface area contributed by atoms with Crippen LogP contribution in [0.5, 0.6) is 5.88 Å². The van der Waals surface area contributed by atoms with Crippen molar-refractivity contribution < 1.29 is 9.90 Å². The van der Waals surface area contributed by atoms with Crippen molar-refractivity contribution in [3.8, 4) is 5.88 Å². The summed E-state index contributed by atoms with van der Waals surface area (Å²) in [4.78, 5) is 13.9. The van der Waals surface area contributed by atoms with Crippen LogP contribution < -0.4 is 0 Å². The summed E-state index contributed by atoms with van der Waals surface area (Å²) in [6.45, 7) is 1.86. The summed E-state index contributed by atoms with van der Waals surface area (Å²) in [6.07, 6.45) is 2.44. The fourth-order valence-electron chi connectivity index (χ4n) is 0.720. The first-order chi connectivity index (χ1) is 4.79. The first-order valence-corrected chi connectivity index (χ1v) is 2.99. The van der Waals surface area contributed by atoms with Crippen molar-refractivity contribution in [3.05, 3.63) is 12.0 Å². The zero-order valence-electron chi connectivity index (χ0n) is 5.61. The molecule has 0 aliphatic rings. The minimum atomic E-state index is -0.0579. The monoisotopic (exact) mass is 140 g/mol. The smallest absolute Gasteiger partial charge is 0.221 e. The van der Waals surface area contributed by atoms with Gasteiger partial charge in [-0.05, 0) is 6.42 Å².